The van der Waals surface area contributed by atoms with Crippen molar-refractivity contribution in [2.45, 2.75) is 112 Å². The summed E-state index contributed by atoms with van der Waals surface area (Å²) in [6.45, 7) is 4.86. The number of carbonyl (C=O) groups is 1. The van der Waals surface area contributed by atoms with Crippen molar-refractivity contribution >= 4 is 17.7 Å². The zero-order valence-corrected chi connectivity index (χ0v) is 38.1. The number of ether oxygens (including phenoxy) is 9. The Kier molecular flexibility index (Phi) is 17.6. The van der Waals surface area contributed by atoms with Gasteiger partial charge in [-0.2, -0.15) is 0 Å². The van der Waals surface area contributed by atoms with Crippen LogP contribution in [0, 0.1) is 0 Å². The number of thioether (sulfide) groups is 1. The van der Waals surface area contributed by atoms with Gasteiger partial charge in [0.15, 0.2) is 12.4 Å². The van der Waals surface area contributed by atoms with Crippen molar-refractivity contribution in [3.05, 3.63) is 210 Å². The topological polar surface area (TPSA) is 100 Å². The van der Waals surface area contributed by atoms with E-state index in [1.807, 2.05) is 189 Å². The SMILES string of the molecule is CC(=O)O[C@@H]1[C@H](O[C@H]2O[C@H](COCc3ccccc3)[C@@H](OCc3ccccc3)[C@H](OCc3ccccc3)[C@H]2OCc2ccccc2)[C@@H](OCc2ccccc2)[C@H](C)O[C@H]1Sc1ccccc1. The molecule has 10 atom stereocenters. The van der Waals surface area contributed by atoms with Gasteiger partial charge in [0, 0.05) is 11.8 Å². The first-order valence-corrected chi connectivity index (χ1v) is 23.4. The highest BCUT2D eigenvalue weighted by atomic mass is 32.2. The Balaban J connectivity index is 1.19. The molecule has 2 aliphatic heterocycles. The van der Waals surface area contributed by atoms with Crippen molar-refractivity contribution in [1.29, 1.82) is 0 Å². The third-order valence-electron chi connectivity index (χ3n) is 11.4. The van der Waals surface area contributed by atoms with Gasteiger partial charge in [0.2, 0.25) is 0 Å². The fourth-order valence-electron chi connectivity index (χ4n) is 8.18. The molecule has 0 spiro atoms. The van der Waals surface area contributed by atoms with Crippen molar-refractivity contribution < 1.29 is 47.4 Å². The van der Waals surface area contributed by atoms with Crippen LogP contribution in [-0.2, 0) is 80.5 Å². The first-order valence-electron chi connectivity index (χ1n) is 22.6. The molecule has 2 saturated heterocycles. The van der Waals surface area contributed by atoms with E-state index in [2.05, 4.69) is 0 Å². The van der Waals surface area contributed by atoms with Crippen molar-refractivity contribution in [2.24, 2.45) is 0 Å². The van der Waals surface area contributed by atoms with Gasteiger partial charge in [-0.25, -0.2) is 0 Å². The van der Waals surface area contributed by atoms with Crippen LogP contribution in [0.5, 0.6) is 0 Å². The summed E-state index contributed by atoms with van der Waals surface area (Å²) in [5.41, 5.74) is 4.24. The Morgan fingerprint density at radius 3 is 1.35 bits per heavy atom. The molecule has 0 N–H and O–H groups in total. The molecule has 344 valence electrons. The zero-order valence-electron chi connectivity index (χ0n) is 37.3. The summed E-state index contributed by atoms with van der Waals surface area (Å²) >= 11 is 1.46. The summed E-state index contributed by atoms with van der Waals surface area (Å²) in [6.07, 6.45) is -7.17. The van der Waals surface area contributed by atoms with E-state index in [9.17, 15) is 4.79 Å². The van der Waals surface area contributed by atoms with E-state index in [-0.39, 0.29) is 33.0 Å². The molecule has 8 rings (SSSR count). The van der Waals surface area contributed by atoms with Gasteiger partial charge in [-0.1, -0.05) is 182 Å². The van der Waals surface area contributed by atoms with E-state index in [0.29, 0.717) is 6.61 Å². The highest BCUT2D eigenvalue weighted by Crippen LogP contribution is 2.40. The molecule has 2 fully saturated rings. The quantitative estimate of drug-likeness (QED) is 0.0646. The Hall–Kier alpha value is -5.18. The molecule has 0 aliphatic carbocycles. The van der Waals surface area contributed by atoms with Crippen molar-refractivity contribution in [3.63, 3.8) is 0 Å². The standard InChI is InChI=1S/C55H58O10S/c1-39-48(58-34-42-23-11-4-12-24-42)51(53(63-40(2)56)55(62-39)66-46-31-19-8-20-32-46)65-54-52(61-37-45-29-17-7-18-30-45)50(60-36-44-27-15-6-16-28-44)49(59-35-43-25-13-5-14-26-43)47(64-54)38-57-33-41-21-9-3-10-22-41/h3-32,39,47-55H,33-38H2,1-2H3/t39-,47+,48-,49+,50-,51+,52+,53+,54+,55-/m0/s1. The molecule has 0 radical (unpaired) electrons. The molecule has 0 saturated carbocycles. The number of rotatable bonds is 21. The Morgan fingerprint density at radius 2 is 0.879 bits per heavy atom. The molecule has 2 heterocycles. The molecule has 0 aromatic heterocycles. The summed E-state index contributed by atoms with van der Waals surface area (Å²) in [7, 11) is 0. The van der Waals surface area contributed by atoms with Gasteiger partial charge in [0.1, 0.15) is 42.1 Å². The number of benzene rings is 6. The van der Waals surface area contributed by atoms with Crippen molar-refractivity contribution in [1.82, 2.24) is 0 Å². The molecule has 6 aromatic rings. The maximum absolute atomic E-state index is 13.1. The molecule has 0 bridgehead atoms. The fourth-order valence-corrected chi connectivity index (χ4v) is 9.34. The third-order valence-corrected chi connectivity index (χ3v) is 12.6. The van der Waals surface area contributed by atoms with Gasteiger partial charge in [0.25, 0.3) is 0 Å². The second-order valence-electron chi connectivity index (χ2n) is 16.4. The maximum Gasteiger partial charge on any atom is 0.303 e. The van der Waals surface area contributed by atoms with Crippen LogP contribution in [0.1, 0.15) is 41.7 Å². The van der Waals surface area contributed by atoms with Gasteiger partial charge in [-0.15, -0.1) is 0 Å². The third kappa shape index (κ3) is 13.5. The Labute approximate surface area is 392 Å². The predicted octanol–water partition coefficient (Wildman–Crippen LogP) is 10.1. The summed E-state index contributed by atoms with van der Waals surface area (Å²) in [5.74, 6) is -0.487. The lowest BCUT2D eigenvalue weighted by atomic mass is 9.96. The van der Waals surface area contributed by atoms with Gasteiger partial charge in [-0.3, -0.25) is 4.79 Å². The van der Waals surface area contributed by atoms with Gasteiger partial charge in [-0.05, 0) is 46.9 Å². The normalized spacial score (nSPS) is 25.2. The molecule has 66 heavy (non-hydrogen) atoms. The second kappa shape index (κ2) is 24.5. The monoisotopic (exact) mass is 910 g/mol. The molecule has 6 aromatic carbocycles. The van der Waals surface area contributed by atoms with Gasteiger partial charge >= 0.3 is 5.97 Å². The van der Waals surface area contributed by atoms with Crippen LogP contribution in [-0.4, -0.2) is 73.1 Å². The van der Waals surface area contributed by atoms with Crippen LogP contribution in [0.3, 0.4) is 0 Å². The molecule has 2 aliphatic rings. The van der Waals surface area contributed by atoms with E-state index < -0.39 is 66.5 Å². The lowest BCUT2D eigenvalue weighted by molar-refractivity contribution is -0.356. The first-order chi connectivity index (χ1) is 32.5. The number of hydrogen-bond acceptors (Lipinski definition) is 11. The van der Waals surface area contributed by atoms with Crippen LogP contribution in [0.15, 0.2) is 187 Å². The summed E-state index contributed by atoms with van der Waals surface area (Å²) in [5, 5.41) is 0. The minimum absolute atomic E-state index is 0.142. The first kappa shape index (κ1) is 47.3. The Bertz CT molecular complexity index is 2290. The molecule has 0 amide bonds. The van der Waals surface area contributed by atoms with E-state index in [0.717, 1.165) is 32.7 Å². The highest BCUT2D eigenvalue weighted by Gasteiger charge is 2.54. The lowest BCUT2D eigenvalue weighted by Gasteiger charge is -2.49. The summed E-state index contributed by atoms with van der Waals surface area (Å²) in [4.78, 5) is 14.1. The molecule has 11 heteroatoms. The fraction of sp³-hybridized carbons (Fsp3) is 0.327. The number of carbonyl (C=O) groups excluding carboxylic acids is 1. The van der Waals surface area contributed by atoms with E-state index in [1.54, 1.807) is 0 Å². The summed E-state index contributed by atoms with van der Waals surface area (Å²) in [6, 6.07) is 59.8. The minimum atomic E-state index is -1.10. The van der Waals surface area contributed by atoms with Crippen LogP contribution in [0.4, 0.5) is 0 Å². The van der Waals surface area contributed by atoms with E-state index >= 15 is 0 Å². The van der Waals surface area contributed by atoms with Crippen molar-refractivity contribution in [3.8, 4) is 0 Å². The van der Waals surface area contributed by atoms with E-state index in [4.69, 9.17) is 42.6 Å². The molecule has 0 unspecified atom stereocenters. The van der Waals surface area contributed by atoms with Crippen LogP contribution < -0.4 is 0 Å². The smallest absolute Gasteiger partial charge is 0.303 e. The van der Waals surface area contributed by atoms with Crippen LogP contribution in [0.25, 0.3) is 0 Å². The zero-order chi connectivity index (χ0) is 45.3. The Morgan fingerprint density at radius 1 is 0.470 bits per heavy atom. The largest absolute Gasteiger partial charge is 0.456 e. The molecule has 10 nitrogen and oxygen atoms in total. The lowest BCUT2D eigenvalue weighted by Crippen LogP contribution is -2.65. The predicted molar refractivity (Wildman–Crippen MR) is 252 cm³/mol. The van der Waals surface area contributed by atoms with Gasteiger partial charge < -0.3 is 42.6 Å². The highest BCUT2D eigenvalue weighted by molar-refractivity contribution is 7.99. The van der Waals surface area contributed by atoms with Crippen molar-refractivity contribution in [2.75, 3.05) is 6.61 Å². The van der Waals surface area contributed by atoms with Crippen LogP contribution >= 0.6 is 11.8 Å². The average molecular weight is 911 g/mol. The minimum Gasteiger partial charge on any atom is -0.456 e. The average Bonchev–Trinajstić information content (AvgIpc) is 3.35. The molecular weight excluding hydrogens is 853 g/mol. The number of hydrogen-bond donors (Lipinski definition) is 0. The molecular formula is C55H58O10S. The van der Waals surface area contributed by atoms with Gasteiger partial charge in [0.05, 0.1) is 45.7 Å². The summed E-state index contributed by atoms with van der Waals surface area (Å²) < 4.78 is 61.6. The second-order valence-corrected chi connectivity index (χ2v) is 17.6. The van der Waals surface area contributed by atoms with Crippen LogP contribution in [0.2, 0.25) is 0 Å². The number of esters is 1. The maximum atomic E-state index is 13.1. The van der Waals surface area contributed by atoms with E-state index in [1.165, 1.54) is 18.7 Å².